The maximum Gasteiger partial charge on any atom is 0.0755 e. The van der Waals surface area contributed by atoms with E-state index in [4.69, 9.17) is 0 Å². The molecule has 1 nitrogen and oxygen atoms in total. The predicted octanol–water partition coefficient (Wildman–Crippen LogP) is 11.6. The van der Waals surface area contributed by atoms with Crippen molar-refractivity contribution in [2.45, 2.75) is 5.41 Å². The van der Waals surface area contributed by atoms with Crippen LogP contribution >= 0.6 is 19.3 Å². The summed E-state index contributed by atoms with van der Waals surface area (Å²) in [6.07, 6.45) is 0. The zero-order chi connectivity index (χ0) is 34.0. The summed E-state index contributed by atoms with van der Waals surface area (Å²) in [5.74, 6) is 0. The zero-order valence-electron chi connectivity index (χ0n) is 28.1. The van der Waals surface area contributed by atoms with Gasteiger partial charge in [0.25, 0.3) is 0 Å². The minimum atomic E-state index is -0.815. The molecule has 0 bridgehead atoms. The van der Waals surface area contributed by atoms with E-state index < -0.39 is 13.3 Å². The molecule has 0 aliphatic carbocycles. The monoisotopic (exact) mass is 695 g/mol. The van der Waals surface area contributed by atoms with Gasteiger partial charge in [-0.1, -0.05) is 146 Å². The summed E-state index contributed by atoms with van der Waals surface area (Å²) >= 11 is 1.88. The Morgan fingerprint density at radius 2 is 1.08 bits per heavy atom. The van der Waals surface area contributed by atoms with Crippen molar-refractivity contribution >= 4 is 77.2 Å². The van der Waals surface area contributed by atoms with Crippen LogP contribution in [0.3, 0.4) is 0 Å². The molecule has 3 heteroatoms. The highest BCUT2D eigenvalue weighted by atomic mass is 32.1. The summed E-state index contributed by atoms with van der Waals surface area (Å²) in [7, 11) is -0.815. The number of fused-ring (bicyclic) bond motifs is 14. The molecule has 0 N–H and O–H groups in total. The second kappa shape index (κ2) is 10.6. The maximum atomic E-state index is 2.56. The Kier molecular flexibility index (Phi) is 5.89. The first kappa shape index (κ1) is 28.9. The second-order valence-corrected chi connectivity index (χ2v) is 17.3. The number of benzene rings is 8. The van der Waals surface area contributed by atoms with Gasteiger partial charge in [-0.15, -0.1) is 11.3 Å². The summed E-state index contributed by atoms with van der Waals surface area (Å²) in [4.78, 5) is 0. The quantitative estimate of drug-likeness (QED) is 0.159. The molecule has 4 heterocycles. The van der Waals surface area contributed by atoms with Crippen molar-refractivity contribution in [3.05, 3.63) is 204 Å². The van der Waals surface area contributed by atoms with Crippen molar-refractivity contribution in [1.29, 1.82) is 0 Å². The topological polar surface area (TPSA) is 4.93 Å². The number of aromatic nitrogens is 1. The number of para-hydroxylation sites is 3. The summed E-state index contributed by atoms with van der Waals surface area (Å²) in [5, 5.41) is 9.53. The number of thiophene rings is 1. The number of rotatable bonds is 2. The fourth-order valence-electron chi connectivity index (χ4n) is 9.51. The number of hydrogen-bond donors (Lipinski definition) is 0. The molecule has 0 amide bonds. The predicted molar refractivity (Wildman–Crippen MR) is 223 cm³/mol. The van der Waals surface area contributed by atoms with Crippen LogP contribution in [0.2, 0.25) is 0 Å². The van der Waals surface area contributed by atoms with Crippen molar-refractivity contribution in [2.24, 2.45) is 0 Å². The Morgan fingerprint density at radius 1 is 0.423 bits per heavy atom. The van der Waals surface area contributed by atoms with Gasteiger partial charge in [0.05, 0.1) is 22.1 Å². The molecule has 10 aromatic rings. The first-order valence-electron chi connectivity index (χ1n) is 17.9. The van der Waals surface area contributed by atoms with Crippen molar-refractivity contribution < 1.29 is 0 Å². The van der Waals surface area contributed by atoms with Crippen molar-refractivity contribution in [2.75, 3.05) is 0 Å². The van der Waals surface area contributed by atoms with Crippen LogP contribution < -0.4 is 15.9 Å². The molecule has 52 heavy (non-hydrogen) atoms. The van der Waals surface area contributed by atoms with Crippen LogP contribution in [0.25, 0.3) is 58.8 Å². The Hall–Kier alpha value is -5.79. The molecule has 0 radical (unpaired) electrons. The normalized spacial score (nSPS) is 17.1. The fraction of sp³-hybridized carbons (Fsp3) is 0.0204. The van der Waals surface area contributed by atoms with Gasteiger partial charge in [-0.3, -0.25) is 0 Å². The van der Waals surface area contributed by atoms with Crippen LogP contribution in [0.15, 0.2) is 182 Å². The van der Waals surface area contributed by atoms with E-state index in [1.54, 1.807) is 0 Å². The highest BCUT2D eigenvalue weighted by Crippen LogP contribution is 2.58. The molecule has 242 valence electrons. The molecule has 2 aliphatic rings. The van der Waals surface area contributed by atoms with Crippen LogP contribution in [0.4, 0.5) is 0 Å². The van der Waals surface area contributed by atoms with E-state index in [-0.39, 0.29) is 0 Å². The molecule has 2 aromatic heterocycles. The van der Waals surface area contributed by atoms with Crippen LogP contribution in [0.1, 0.15) is 22.3 Å². The van der Waals surface area contributed by atoms with Crippen molar-refractivity contribution in [1.82, 2.24) is 4.57 Å². The van der Waals surface area contributed by atoms with E-state index in [0.717, 1.165) is 0 Å². The molecular formula is C49H30NPS. The summed E-state index contributed by atoms with van der Waals surface area (Å²) in [6.45, 7) is 0. The lowest BCUT2D eigenvalue weighted by Gasteiger charge is -2.48. The minimum Gasteiger partial charge on any atom is -0.309 e. The third-order valence-electron chi connectivity index (χ3n) is 11.6. The van der Waals surface area contributed by atoms with Gasteiger partial charge in [-0.2, -0.15) is 0 Å². The standard InChI is InChI=1S/C49H30NPS/c1-2-13-33(14-3-1)51-44-23-10-7-19-39(44)49(38-18-6-9-22-43(38)50-42-21-8-4-15-34(42)36-17-12-20-40(49)48(36)50)41-30-32(25-27-45(41)51)31-26-28-47-37(29-31)35-16-5-11-24-46(35)52-47/h1-30H. The minimum absolute atomic E-state index is 0.519. The van der Waals surface area contributed by atoms with Gasteiger partial charge >= 0.3 is 0 Å². The van der Waals surface area contributed by atoms with Gasteiger partial charge in [0.1, 0.15) is 0 Å². The number of hydrogen-bond acceptors (Lipinski definition) is 1. The largest absolute Gasteiger partial charge is 0.309 e. The molecule has 1 spiro atoms. The van der Waals surface area contributed by atoms with Gasteiger partial charge in [0.15, 0.2) is 0 Å². The average Bonchev–Trinajstić information content (AvgIpc) is 3.76. The third kappa shape index (κ3) is 3.66. The second-order valence-electron chi connectivity index (χ2n) is 14.1. The van der Waals surface area contributed by atoms with E-state index >= 15 is 0 Å². The van der Waals surface area contributed by atoms with E-state index in [0.29, 0.717) is 0 Å². The molecule has 0 fully saturated rings. The molecule has 0 saturated heterocycles. The highest BCUT2D eigenvalue weighted by Gasteiger charge is 2.51. The summed E-state index contributed by atoms with van der Waals surface area (Å²) in [6, 6.07) is 69.0. The molecule has 2 aliphatic heterocycles. The Labute approximate surface area is 306 Å². The van der Waals surface area contributed by atoms with Crippen molar-refractivity contribution in [3.8, 4) is 16.8 Å². The summed E-state index contributed by atoms with van der Waals surface area (Å²) in [5.41, 5.74) is 11.3. The van der Waals surface area contributed by atoms with Crippen molar-refractivity contribution in [3.63, 3.8) is 0 Å². The molecule has 2 unspecified atom stereocenters. The Morgan fingerprint density at radius 3 is 2.00 bits per heavy atom. The van der Waals surface area contributed by atoms with Gasteiger partial charge in [0, 0.05) is 30.9 Å². The van der Waals surface area contributed by atoms with Gasteiger partial charge in [-0.25, -0.2) is 0 Å². The molecule has 2 atom stereocenters. The lowest BCUT2D eigenvalue weighted by molar-refractivity contribution is 0.735. The lowest BCUT2D eigenvalue weighted by Crippen LogP contribution is -2.47. The lowest BCUT2D eigenvalue weighted by atomic mass is 9.62. The van der Waals surface area contributed by atoms with E-state index in [2.05, 4.69) is 187 Å². The SMILES string of the molecule is c1ccc(P2c3ccccc3C3(c4ccccc4-n4c5ccccc5c5cccc3c54)c3cc(-c4ccc5sc6ccccc6c5c4)ccc32)cc1. The Bertz CT molecular complexity index is 3100. The highest BCUT2D eigenvalue weighted by molar-refractivity contribution is 7.80. The van der Waals surface area contributed by atoms with Crippen LogP contribution in [-0.4, -0.2) is 4.57 Å². The van der Waals surface area contributed by atoms with E-state index in [9.17, 15) is 0 Å². The first-order chi connectivity index (χ1) is 25.8. The molecule has 0 saturated carbocycles. The van der Waals surface area contributed by atoms with Crippen LogP contribution in [0, 0.1) is 0 Å². The smallest absolute Gasteiger partial charge is 0.0755 e. The van der Waals surface area contributed by atoms with E-state index in [1.165, 1.54) is 97.0 Å². The average molecular weight is 696 g/mol. The van der Waals surface area contributed by atoms with E-state index in [1.807, 2.05) is 11.3 Å². The van der Waals surface area contributed by atoms with Crippen LogP contribution in [0.5, 0.6) is 0 Å². The molecule has 12 rings (SSSR count). The maximum absolute atomic E-state index is 2.56. The van der Waals surface area contributed by atoms with Gasteiger partial charge in [-0.05, 0) is 93.6 Å². The summed E-state index contributed by atoms with van der Waals surface area (Å²) < 4.78 is 5.21. The zero-order valence-corrected chi connectivity index (χ0v) is 29.8. The first-order valence-corrected chi connectivity index (χ1v) is 20.1. The third-order valence-corrected chi connectivity index (χ3v) is 15.3. The van der Waals surface area contributed by atoms with Gasteiger partial charge in [0.2, 0.25) is 0 Å². The molecular weight excluding hydrogens is 666 g/mol. The van der Waals surface area contributed by atoms with Gasteiger partial charge < -0.3 is 4.57 Å². The fourth-order valence-corrected chi connectivity index (χ4v) is 13.3. The number of nitrogens with zero attached hydrogens (tertiary/aromatic N) is 1. The molecule has 8 aromatic carbocycles. The van der Waals surface area contributed by atoms with Crippen LogP contribution in [-0.2, 0) is 5.41 Å². The Balaban J connectivity index is 1.24.